The van der Waals surface area contributed by atoms with Crippen LogP contribution < -0.4 is 0 Å². The molecule has 0 unspecified atom stereocenters. The number of nitrogens with zero attached hydrogens (tertiary/aromatic N) is 5. The first-order valence-corrected chi connectivity index (χ1v) is 5.83. The van der Waals surface area contributed by atoms with Crippen LogP contribution >= 0.6 is 23.3 Å². The number of hydrogen-bond acceptors (Lipinski definition) is 6. The van der Waals surface area contributed by atoms with Gasteiger partial charge in [0.25, 0.3) is 0 Å². The average Bonchev–Trinajstić information content (AvgIpc) is 2.96. The Bertz CT molecular complexity index is 679. The van der Waals surface area contributed by atoms with Crippen molar-refractivity contribution in [3.63, 3.8) is 0 Å². The lowest BCUT2D eigenvalue weighted by Crippen LogP contribution is -2.01. The van der Waals surface area contributed by atoms with Gasteiger partial charge in [0.2, 0.25) is 0 Å². The Hall–Kier alpha value is -1.57. The molecule has 0 aliphatic rings. The van der Waals surface area contributed by atoms with Gasteiger partial charge in [-0.1, -0.05) is 11.6 Å². The van der Waals surface area contributed by atoms with Crippen LogP contribution in [0.15, 0.2) is 18.5 Å². The van der Waals surface area contributed by atoms with Gasteiger partial charge >= 0.3 is 0 Å². The molecule has 0 bridgehead atoms. The van der Waals surface area contributed by atoms with Gasteiger partial charge in [0.1, 0.15) is 24.0 Å². The third kappa shape index (κ3) is 1.59. The molecule has 2 aromatic heterocycles. The molecule has 0 saturated carbocycles. The molecule has 0 spiro atoms. The number of benzene rings is 1. The van der Waals surface area contributed by atoms with Crippen LogP contribution in [0.3, 0.4) is 0 Å². The summed E-state index contributed by atoms with van der Waals surface area (Å²) in [6, 6.07) is 3.54. The number of fused-ring (bicyclic) bond motifs is 1. The van der Waals surface area contributed by atoms with Gasteiger partial charge in [0, 0.05) is 0 Å². The molecule has 0 amide bonds. The predicted octanol–water partition coefficient (Wildman–Crippen LogP) is 1.42. The second-order valence-corrected chi connectivity index (χ2v) is 4.24. The Kier molecular flexibility index (Phi) is 2.50. The van der Waals surface area contributed by atoms with Crippen molar-refractivity contribution in [1.29, 1.82) is 0 Å². The zero-order valence-corrected chi connectivity index (χ0v) is 9.98. The topological polar surface area (TPSA) is 76.7 Å². The van der Waals surface area contributed by atoms with E-state index in [0.29, 0.717) is 22.1 Å². The van der Waals surface area contributed by atoms with Crippen LogP contribution in [-0.4, -0.2) is 28.6 Å². The summed E-state index contributed by atoms with van der Waals surface area (Å²) < 4.78 is 9.96. The van der Waals surface area contributed by atoms with Crippen molar-refractivity contribution in [3.05, 3.63) is 29.3 Å². The molecule has 0 radical (unpaired) electrons. The molecule has 1 aromatic carbocycles. The number of aliphatic hydroxyl groups excluding tert-OH is 1. The second-order valence-electron chi connectivity index (χ2n) is 3.30. The largest absolute Gasteiger partial charge is 0.388 e. The molecule has 2 heterocycles. The Morgan fingerprint density at radius 3 is 3.06 bits per heavy atom. The highest BCUT2D eigenvalue weighted by molar-refractivity contribution is 7.00. The van der Waals surface area contributed by atoms with Crippen molar-refractivity contribution in [1.82, 2.24) is 23.5 Å². The molecule has 0 fully saturated rings. The first-order chi connectivity index (χ1) is 8.31. The lowest BCUT2D eigenvalue weighted by atomic mass is 10.2. The molecule has 0 aliphatic carbocycles. The van der Waals surface area contributed by atoms with Crippen LogP contribution in [0.25, 0.3) is 16.7 Å². The Morgan fingerprint density at radius 1 is 1.35 bits per heavy atom. The highest BCUT2D eigenvalue weighted by Crippen LogP contribution is 2.28. The smallest absolute Gasteiger partial charge is 0.163 e. The van der Waals surface area contributed by atoms with Crippen LogP contribution in [0.1, 0.15) is 5.82 Å². The zero-order valence-electron chi connectivity index (χ0n) is 8.41. The molecule has 0 saturated heterocycles. The maximum atomic E-state index is 9.18. The van der Waals surface area contributed by atoms with E-state index < -0.39 is 0 Å². The Labute approximate surface area is 105 Å². The van der Waals surface area contributed by atoms with Crippen molar-refractivity contribution in [2.45, 2.75) is 6.61 Å². The van der Waals surface area contributed by atoms with Crippen molar-refractivity contribution in [2.75, 3.05) is 0 Å². The summed E-state index contributed by atoms with van der Waals surface area (Å²) in [5.74, 6) is 0.410. The number of rotatable bonds is 2. The van der Waals surface area contributed by atoms with Crippen molar-refractivity contribution < 1.29 is 5.11 Å². The first kappa shape index (κ1) is 10.6. The number of hydrogen-bond donors (Lipinski definition) is 1. The highest BCUT2D eigenvalue weighted by Gasteiger charge is 2.15. The van der Waals surface area contributed by atoms with E-state index in [9.17, 15) is 5.11 Å². The van der Waals surface area contributed by atoms with E-state index in [2.05, 4.69) is 18.9 Å². The fourth-order valence-corrected chi connectivity index (χ4v) is 2.38. The second kappa shape index (κ2) is 4.02. The van der Waals surface area contributed by atoms with E-state index in [1.807, 2.05) is 0 Å². The van der Waals surface area contributed by atoms with Crippen LogP contribution in [0.4, 0.5) is 0 Å². The van der Waals surface area contributed by atoms with Crippen LogP contribution in [0, 0.1) is 0 Å². The number of aliphatic hydroxyl groups is 1. The summed E-state index contributed by atoms with van der Waals surface area (Å²) in [7, 11) is 0. The van der Waals surface area contributed by atoms with E-state index >= 15 is 0 Å². The van der Waals surface area contributed by atoms with Crippen LogP contribution in [-0.2, 0) is 6.61 Å². The third-order valence-electron chi connectivity index (χ3n) is 2.35. The Balaban J connectivity index is 2.36. The summed E-state index contributed by atoms with van der Waals surface area (Å²) in [5.41, 5.74) is 2.08. The summed E-state index contributed by atoms with van der Waals surface area (Å²) in [4.78, 5) is 0. The molecule has 3 rings (SSSR count). The number of aromatic nitrogens is 5. The molecule has 0 atom stereocenters. The molecule has 0 aliphatic heterocycles. The van der Waals surface area contributed by atoms with Crippen molar-refractivity contribution >= 4 is 34.4 Å². The summed E-state index contributed by atoms with van der Waals surface area (Å²) >= 11 is 7.27. The molecule has 1 N–H and O–H groups in total. The van der Waals surface area contributed by atoms with E-state index in [0.717, 1.165) is 17.2 Å². The molecule has 86 valence electrons. The molecular formula is C9H6ClN5OS. The lowest BCUT2D eigenvalue weighted by molar-refractivity contribution is 0.269. The van der Waals surface area contributed by atoms with Crippen molar-refractivity contribution in [2.24, 2.45) is 0 Å². The van der Waals surface area contributed by atoms with Crippen LogP contribution in [0.5, 0.6) is 0 Å². The van der Waals surface area contributed by atoms with Gasteiger partial charge in [-0.2, -0.15) is 8.75 Å². The molecule has 6 nitrogen and oxygen atoms in total. The monoisotopic (exact) mass is 267 g/mol. The molecule has 8 heteroatoms. The average molecular weight is 268 g/mol. The standard InChI is InChI=1S/C9H6ClN5OS/c10-5-1-2-6-8(14-17-13-6)9(5)15-4-11-12-7(15)3-16/h1-2,4,16H,3H2. The quantitative estimate of drug-likeness (QED) is 0.760. The molecular weight excluding hydrogens is 262 g/mol. The summed E-state index contributed by atoms with van der Waals surface area (Å²) in [5, 5.41) is 17.3. The Morgan fingerprint density at radius 2 is 2.24 bits per heavy atom. The minimum atomic E-state index is -0.218. The fraction of sp³-hybridized carbons (Fsp3) is 0.111. The van der Waals surface area contributed by atoms with E-state index in [1.165, 1.54) is 6.33 Å². The van der Waals surface area contributed by atoms with Gasteiger partial charge in [-0.15, -0.1) is 10.2 Å². The first-order valence-electron chi connectivity index (χ1n) is 4.72. The van der Waals surface area contributed by atoms with Gasteiger partial charge in [-0.3, -0.25) is 4.57 Å². The molecule has 17 heavy (non-hydrogen) atoms. The van der Waals surface area contributed by atoms with E-state index in [-0.39, 0.29) is 6.61 Å². The summed E-state index contributed by atoms with van der Waals surface area (Å²) in [6.45, 7) is -0.218. The van der Waals surface area contributed by atoms with Gasteiger partial charge in [0.05, 0.1) is 22.4 Å². The van der Waals surface area contributed by atoms with Gasteiger partial charge in [-0.25, -0.2) is 0 Å². The van der Waals surface area contributed by atoms with Crippen LogP contribution in [0.2, 0.25) is 5.02 Å². The highest BCUT2D eigenvalue weighted by atomic mass is 35.5. The van der Waals surface area contributed by atoms with Gasteiger partial charge in [-0.05, 0) is 12.1 Å². The number of halogens is 1. The summed E-state index contributed by atoms with van der Waals surface area (Å²) in [6.07, 6.45) is 1.49. The van der Waals surface area contributed by atoms with Crippen molar-refractivity contribution in [3.8, 4) is 5.69 Å². The third-order valence-corrected chi connectivity index (χ3v) is 3.20. The molecule has 3 aromatic rings. The normalized spacial score (nSPS) is 11.2. The lowest BCUT2D eigenvalue weighted by Gasteiger charge is -2.07. The van der Waals surface area contributed by atoms with E-state index in [4.69, 9.17) is 11.6 Å². The zero-order chi connectivity index (χ0) is 11.8. The minimum Gasteiger partial charge on any atom is -0.388 e. The van der Waals surface area contributed by atoms with E-state index in [1.54, 1.807) is 16.7 Å². The fourth-order valence-electron chi connectivity index (χ4n) is 1.60. The minimum absolute atomic E-state index is 0.218. The maximum absolute atomic E-state index is 9.18. The maximum Gasteiger partial charge on any atom is 0.163 e. The SMILES string of the molecule is OCc1nncn1-c1c(Cl)ccc2nsnc12. The predicted molar refractivity (Wildman–Crippen MR) is 63.3 cm³/mol. The van der Waals surface area contributed by atoms with Gasteiger partial charge in [0.15, 0.2) is 5.82 Å². The van der Waals surface area contributed by atoms with Gasteiger partial charge < -0.3 is 5.11 Å².